The predicted octanol–water partition coefficient (Wildman–Crippen LogP) is 3.47. The summed E-state index contributed by atoms with van der Waals surface area (Å²) in [4.78, 5) is 0. The van der Waals surface area contributed by atoms with Crippen LogP contribution >= 0.6 is 0 Å². The van der Waals surface area contributed by atoms with Gasteiger partial charge >= 0.3 is 0 Å². The van der Waals surface area contributed by atoms with Crippen LogP contribution in [0.5, 0.6) is 0 Å². The second kappa shape index (κ2) is 5.85. The Labute approximate surface area is 111 Å². The van der Waals surface area contributed by atoms with Gasteiger partial charge in [-0.25, -0.2) is 0 Å². The van der Waals surface area contributed by atoms with Gasteiger partial charge < -0.3 is 10.1 Å². The van der Waals surface area contributed by atoms with Crippen molar-refractivity contribution in [2.24, 2.45) is 0 Å². The van der Waals surface area contributed by atoms with Crippen molar-refractivity contribution in [3.05, 3.63) is 35.4 Å². The van der Waals surface area contributed by atoms with E-state index in [2.05, 4.69) is 50.4 Å². The summed E-state index contributed by atoms with van der Waals surface area (Å²) < 4.78 is 5.68. The van der Waals surface area contributed by atoms with Crippen LogP contribution in [0.1, 0.15) is 50.8 Å². The van der Waals surface area contributed by atoms with Gasteiger partial charge in [-0.2, -0.15) is 0 Å². The molecule has 0 saturated carbocycles. The number of hydrogen-bond donors (Lipinski definition) is 1. The molecule has 1 atom stereocenters. The maximum absolute atomic E-state index is 5.68. The Balaban J connectivity index is 2.00. The van der Waals surface area contributed by atoms with Gasteiger partial charge in [0.05, 0.1) is 19.3 Å². The first-order chi connectivity index (χ1) is 8.61. The Morgan fingerprint density at radius 1 is 1.28 bits per heavy atom. The molecule has 1 unspecified atom stereocenters. The Kier molecular flexibility index (Phi) is 4.41. The second-order valence-corrected chi connectivity index (χ2v) is 5.94. The van der Waals surface area contributed by atoms with Crippen LogP contribution in [0.15, 0.2) is 24.3 Å². The second-order valence-electron chi connectivity index (χ2n) is 5.94. The van der Waals surface area contributed by atoms with Gasteiger partial charge in [0.25, 0.3) is 0 Å². The summed E-state index contributed by atoms with van der Waals surface area (Å²) in [5, 5.41) is 3.65. The Hall–Kier alpha value is -0.860. The summed E-state index contributed by atoms with van der Waals surface area (Å²) in [6, 6.07) is 9.33. The molecule has 100 valence electrons. The van der Waals surface area contributed by atoms with E-state index in [0.717, 1.165) is 13.2 Å². The SMILES string of the molecule is CCCCc1ccc(C2COCC(C)(C)N2)cc1. The quantitative estimate of drug-likeness (QED) is 0.879. The summed E-state index contributed by atoms with van der Waals surface area (Å²) in [6.07, 6.45) is 3.72. The fourth-order valence-corrected chi connectivity index (χ4v) is 2.46. The van der Waals surface area contributed by atoms with Crippen molar-refractivity contribution in [3.63, 3.8) is 0 Å². The van der Waals surface area contributed by atoms with E-state index in [1.54, 1.807) is 0 Å². The van der Waals surface area contributed by atoms with Crippen LogP contribution in [-0.2, 0) is 11.2 Å². The highest BCUT2D eigenvalue weighted by Crippen LogP contribution is 2.22. The number of morpholine rings is 1. The van der Waals surface area contributed by atoms with Gasteiger partial charge in [0, 0.05) is 5.54 Å². The van der Waals surface area contributed by atoms with E-state index in [9.17, 15) is 0 Å². The van der Waals surface area contributed by atoms with Gasteiger partial charge in [0.15, 0.2) is 0 Å². The van der Waals surface area contributed by atoms with Crippen molar-refractivity contribution in [2.45, 2.75) is 51.6 Å². The molecule has 0 bridgehead atoms. The van der Waals surface area contributed by atoms with E-state index in [1.165, 1.54) is 30.4 Å². The minimum atomic E-state index is 0.0732. The molecule has 1 saturated heterocycles. The van der Waals surface area contributed by atoms with Crippen molar-refractivity contribution >= 4 is 0 Å². The number of hydrogen-bond acceptors (Lipinski definition) is 2. The van der Waals surface area contributed by atoms with Crippen molar-refractivity contribution in [1.82, 2.24) is 5.32 Å². The highest BCUT2D eigenvalue weighted by Gasteiger charge is 2.28. The zero-order chi connectivity index (χ0) is 13.0. The molecule has 0 aromatic heterocycles. The van der Waals surface area contributed by atoms with Crippen molar-refractivity contribution in [1.29, 1.82) is 0 Å². The number of benzene rings is 1. The molecule has 1 fully saturated rings. The van der Waals surface area contributed by atoms with Gasteiger partial charge in [-0.1, -0.05) is 37.6 Å². The Morgan fingerprint density at radius 2 is 2.00 bits per heavy atom. The molecule has 0 radical (unpaired) electrons. The molecular formula is C16H25NO. The largest absolute Gasteiger partial charge is 0.378 e. The van der Waals surface area contributed by atoms with E-state index in [1.807, 2.05) is 0 Å². The molecule has 1 N–H and O–H groups in total. The number of aryl methyl sites for hydroxylation is 1. The van der Waals surface area contributed by atoms with E-state index < -0.39 is 0 Å². The number of ether oxygens (including phenoxy) is 1. The molecule has 0 spiro atoms. The van der Waals surface area contributed by atoms with E-state index in [-0.39, 0.29) is 5.54 Å². The van der Waals surface area contributed by atoms with Crippen LogP contribution in [0.3, 0.4) is 0 Å². The predicted molar refractivity (Wildman–Crippen MR) is 75.8 cm³/mol. The number of unbranched alkanes of at least 4 members (excludes halogenated alkanes) is 1. The molecular weight excluding hydrogens is 222 g/mol. The van der Waals surface area contributed by atoms with E-state index >= 15 is 0 Å². The zero-order valence-electron chi connectivity index (χ0n) is 11.8. The molecule has 1 aliphatic rings. The average Bonchev–Trinajstić information content (AvgIpc) is 2.36. The van der Waals surface area contributed by atoms with Gasteiger partial charge in [0.2, 0.25) is 0 Å². The van der Waals surface area contributed by atoms with Crippen LogP contribution in [0.25, 0.3) is 0 Å². The highest BCUT2D eigenvalue weighted by atomic mass is 16.5. The highest BCUT2D eigenvalue weighted by molar-refractivity contribution is 5.26. The fraction of sp³-hybridized carbons (Fsp3) is 0.625. The zero-order valence-corrected chi connectivity index (χ0v) is 11.8. The number of nitrogens with one attached hydrogen (secondary N) is 1. The molecule has 1 heterocycles. The first-order valence-electron chi connectivity index (χ1n) is 7.05. The van der Waals surface area contributed by atoms with Crippen molar-refractivity contribution < 1.29 is 4.74 Å². The van der Waals surface area contributed by atoms with Crippen LogP contribution in [0.4, 0.5) is 0 Å². The smallest absolute Gasteiger partial charge is 0.0662 e. The molecule has 1 aromatic rings. The third-order valence-electron chi connectivity index (χ3n) is 3.51. The van der Waals surface area contributed by atoms with E-state index in [4.69, 9.17) is 4.74 Å². The molecule has 1 aliphatic heterocycles. The van der Waals surface area contributed by atoms with Gasteiger partial charge in [-0.3, -0.25) is 0 Å². The lowest BCUT2D eigenvalue weighted by Gasteiger charge is -2.37. The van der Waals surface area contributed by atoms with Crippen LogP contribution in [0, 0.1) is 0 Å². The van der Waals surface area contributed by atoms with Crippen LogP contribution < -0.4 is 5.32 Å². The van der Waals surface area contributed by atoms with Gasteiger partial charge in [-0.05, 0) is 37.8 Å². The van der Waals surface area contributed by atoms with Gasteiger partial charge in [-0.15, -0.1) is 0 Å². The van der Waals surface area contributed by atoms with Gasteiger partial charge in [0.1, 0.15) is 0 Å². The minimum Gasteiger partial charge on any atom is -0.378 e. The molecule has 2 heteroatoms. The third kappa shape index (κ3) is 3.56. The average molecular weight is 247 g/mol. The fourth-order valence-electron chi connectivity index (χ4n) is 2.46. The Morgan fingerprint density at radius 3 is 2.61 bits per heavy atom. The lowest BCUT2D eigenvalue weighted by Crippen LogP contribution is -2.51. The summed E-state index contributed by atoms with van der Waals surface area (Å²) in [7, 11) is 0. The van der Waals surface area contributed by atoms with Crippen LogP contribution in [0.2, 0.25) is 0 Å². The molecule has 1 aromatic carbocycles. The third-order valence-corrected chi connectivity index (χ3v) is 3.51. The lowest BCUT2D eigenvalue weighted by molar-refractivity contribution is 0.0127. The van der Waals surface area contributed by atoms with Crippen LogP contribution in [-0.4, -0.2) is 18.8 Å². The maximum Gasteiger partial charge on any atom is 0.0662 e. The first-order valence-corrected chi connectivity index (χ1v) is 7.05. The normalized spacial score (nSPS) is 22.9. The standard InChI is InChI=1S/C16H25NO/c1-4-5-6-13-7-9-14(10-8-13)15-11-18-12-16(2,3)17-15/h7-10,15,17H,4-6,11-12H2,1-3H3. The van der Waals surface area contributed by atoms with E-state index in [0.29, 0.717) is 6.04 Å². The number of rotatable bonds is 4. The molecule has 18 heavy (non-hydrogen) atoms. The molecule has 0 aliphatic carbocycles. The van der Waals surface area contributed by atoms with Crippen molar-refractivity contribution in [2.75, 3.05) is 13.2 Å². The van der Waals surface area contributed by atoms with Crippen molar-refractivity contribution in [3.8, 4) is 0 Å². The first kappa shape index (κ1) is 13.6. The maximum atomic E-state index is 5.68. The lowest BCUT2D eigenvalue weighted by atomic mass is 9.97. The Bertz CT molecular complexity index is 369. The minimum absolute atomic E-state index is 0.0732. The summed E-state index contributed by atoms with van der Waals surface area (Å²) in [5.41, 5.74) is 2.85. The molecule has 0 amide bonds. The summed E-state index contributed by atoms with van der Waals surface area (Å²) in [6.45, 7) is 8.18. The summed E-state index contributed by atoms with van der Waals surface area (Å²) in [5.74, 6) is 0. The topological polar surface area (TPSA) is 21.3 Å². The molecule has 2 nitrogen and oxygen atoms in total. The molecule has 2 rings (SSSR count). The summed E-state index contributed by atoms with van der Waals surface area (Å²) >= 11 is 0. The monoisotopic (exact) mass is 247 g/mol.